The summed E-state index contributed by atoms with van der Waals surface area (Å²) in [6.45, 7) is 6.29. The zero-order chi connectivity index (χ0) is 21.8. The molecule has 7 heteroatoms. The lowest BCUT2D eigenvalue weighted by Gasteiger charge is -2.16. The molecule has 0 saturated heterocycles. The van der Waals surface area contributed by atoms with Gasteiger partial charge in [-0.1, -0.05) is 25.1 Å². The lowest BCUT2D eigenvalue weighted by atomic mass is 9.97. The topological polar surface area (TPSA) is 92.7 Å². The number of benzene rings is 1. The summed E-state index contributed by atoms with van der Waals surface area (Å²) < 4.78 is 0. The number of carbonyl (C=O) groups is 1. The lowest BCUT2D eigenvalue weighted by Crippen LogP contribution is -2.12. The molecule has 3 heterocycles. The number of amides is 1. The van der Waals surface area contributed by atoms with Gasteiger partial charge in [0.05, 0.1) is 23.1 Å². The van der Waals surface area contributed by atoms with Crippen LogP contribution < -0.4 is 10.6 Å². The third-order valence-electron chi connectivity index (χ3n) is 5.06. The van der Waals surface area contributed by atoms with E-state index in [0.29, 0.717) is 12.2 Å². The standard InChI is InChI=1S/C24H24N6O/c1-15(21-6-4-5-18-9-20(30-17(3)31)13-27-24(18)21)11-26-23-10-22(28-14-29-23)19-8-7-16(2)25-12-19/h4-10,12-15H,11H2,1-3H3,(H,30,31)(H,26,28,29). The molecule has 1 amide bonds. The summed E-state index contributed by atoms with van der Waals surface area (Å²) in [6.07, 6.45) is 5.08. The van der Waals surface area contributed by atoms with E-state index >= 15 is 0 Å². The number of hydrogen-bond acceptors (Lipinski definition) is 6. The van der Waals surface area contributed by atoms with E-state index in [1.807, 2.05) is 49.5 Å². The predicted octanol–water partition coefficient (Wildman–Crippen LogP) is 4.57. The van der Waals surface area contributed by atoms with Gasteiger partial charge in [0.25, 0.3) is 0 Å². The second kappa shape index (κ2) is 8.87. The molecule has 1 atom stereocenters. The van der Waals surface area contributed by atoms with E-state index in [-0.39, 0.29) is 11.8 Å². The van der Waals surface area contributed by atoms with E-state index < -0.39 is 0 Å². The summed E-state index contributed by atoms with van der Waals surface area (Å²) in [4.78, 5) is 29.0. The van der Waals surface area contributed by atoms with Crippen molar-refractivity contribution in [2.75, 3.05) is 17.2 Å². The van der Waals surface area contributed by atoms with E-state index in [9.17, 15) is 4.79 Å². The minimum atomic E-state index is -0.111. The van der Waals surface area contributed by atoms with Gasteiger partial charge in [0.1, 0.15) is 12.1 Å². The molecule has 0 spiro atoms. The molecule has 7 nitrogen and oxygen atoms in total. The molecule has 31 heavy (non-hydrogen) atoms. The Morgan fingerprint density at radius 3 is 2.68 bits per heavy atom. The third-order valence-corrected chi connectivity index (χ3v) is 5.06. The van der Waals surface area contributed by atoms with Crippen LogP contribution in [0.15, 0.2) is 61.2 Å². The Balaban J connectivity index is 1.50. The molecule has 0 fully saturated rings. The average molecular weight is 412 g/mol. The summed E-state index contributed by atoms with van der Waals surface area (Å²) in [5.74, 6) is 0.848. The number of pyridine rings is 2. The summed E-state index contributed by atoms with van der Waals surface area (Å²) >= 11 is 0. The first-order chi connectivity index (χ1) is 15.0. The van der Waals surface area contributed by atoms with Gasteiger partial charge in [-0.15, -0.1) is 0 Å². The van der Waals surface area contributed by atoms with Crippen LogP contribution in [-0.4, -0.2) is 32.4 Å². The molecule has 0 aliphatic carbocycles. The first-order valence-corrected chi connectivity index (χ1v) is 10.1. The van der Waals surface area contributed by atoms with Crippen molar-refractivity contribution in [3.8, 4) is 11.3 Å². The van der Waals surface area contributed by atoms with E-state index in [4.69, 9.17) is 0 Å². The van der Waals surface area contributed by atoms with Crippen LogP contribution in [0.5, 0.6) is 0 Å². The largest absolute Gasteiger partial charge is 0.369 e. The van der Waals surface area contributed by atoms with Crippen LogP contribution in [0.1, 0.15) is 31.0 Å². The van der Waals surface area contributed by atoms with Crippen molar-refractivity contribution in [2.45, 2.75) is 26.7 Å². The first kappa shape index (κ1) is 20.4. The minimum absolute atomic E-state index is 0.111. The van der Waals surface area contributed by atoms with Gasteiger partial charge in [0, 0.05) is 48.3 Å². The molecule has 0 saturated carbocycles. The van der Waals surface area contributed by atoms with Crippen LogP contribution in [-0.2, 0) is 4.79 Å². The zero-order valence-corrected chi connectivity index (χ0v) is 17.8. The highest BCUT2D eigenvalue weighted by molar-refractivity contribution is 5.92. The third kappa shape index (κ3) is 4.83. The van der Waals surface area contributed by atoms with Crippen LogP contribution in [0.2, 0.25) is 0 Å². The number of carbonyl (C=O) groups excluding carboxylic acids is 1. The van der Waals surface area contributed by atoms with Crippen LogP contribution >= 0.6 is 0 Å². The van der Waals surface area contributed by atoms with Crippen LogP contribution in [0.4, 0.5) is 11.5 Å². The number of fused-ring (bicyclic) bond motifs is 1. The summed E-state index contributed by atoms with van der Waals surface area (Å²) in [7, 11) is 0. The van der Waals surface area contributed by atoms with Crippen LogP contribution in [0.25, 0.3) is 22.2 Å². The van der Waals surface area contributed by atoms with E-state index in [2.05, 4.69) is 43.6 Å². The molecular weight excluding hydrogens is 388 g/mol. The monoisotopic (exact) mass is 412 g/mol. The Bertz CT molecular complexity index is 1220. The van der Waals surface area contributed by atoms with Gasteiger partial charge in [-0.25, -0.2) is 9.97 Å². The summed E-state index contributed by atoms with van der Waals surface area (Å²) in [6, 6.07) is 14.0. The average Bonchev–Trinajstić information content (AvgIpc) is 2.77. The Labute approximate surface area is 181 Å². The van der Waals surface area contributed by atoms with Crippen molar-refractivity contribution in [2.24, 2.45) is 0 Å². The SMILES string of the molecule is CC(=O)Nc1cnc2c(C(C)CNc3cc(-c4ccc(C)nc4)ncn3)cccc2c1. The summed E-state index contributed by atoms with van der Waals surface area (Å²) in [5.41, 5.74) is 5.52. The Morgan fingerprint density at radius 2 is 1.90 bits per heavy atom. The van der Waals surface area contributed by atoms with Gasteiger partial charge in [0.15, 0.2) is 0 Å². The fourth-order valence-corrected chi connectivity index (χ4v) is 3.45. The number of para-hydroxylation sites is 1. The number of aryl methyl sites for hydroxylation is 1. The lowest BCUT2D eigenvalue weighted by molar-refractivity contribution is -0.114. The van der Waals surface area contributed by atoms with Crippen LogP contribution in [0.3, 0.4) is 0 Å². The smallest absolute Gasteiger partial charge is 0.221 e. The Morgan fingerprint density at radius 1 is 1.03 bits per heavy atom. The number of rotatable bonds is 6. The second-order valence-electron chi connectivity index (χ2n) is 7.58. The molecule has 0 bridgehead atoms. The van der Waals surface area contributed by atoms with Gasteiger partial charge >= 0.3 is 0 Å². The molecule has 0 aliphatic heterocycles. The first-order valence-electron chi connectivity index (χ1n) is 10.1. The zero-order valence-electron chi connectivity index (χ0n) is 17.8. The highest BCUT2D eigenvalue weighted by atomic mass is 16.1. The molecule has 4 aromatic rings. The molecule has 4 rings (SSSR count). The Hall–Kier alpha value is -3.87. The second-order valence-corrected chi connectivity index (χ2v) is 7.58. The minimum Gasteiger partial charge on any atom is -0.369 e. The van der Waals surface area contributed by atoms with Gasteiger partial charge in [-0.2, -0.15) is 0 Å². The normalized spacial score (nSPS) is 11.8. The molecule has 2 N–H and O–H groups in total. The summed E-state index contributed by atoms with van der Waals surface area (Å²) in [5, 5.41) is 7.18. The number of nitrogens with one attached hydrogen (secondary N) is 2. The molecule has 156 valence electrons. The van der Waals surface area contributed by atoms with E-state index in [1.165, 1.54) is 6.92 Å². The number of aromatic nitrogens is 4. The maximum Gasteiger partial charge on any atom is 0.221 e. The number of hydrogen-bond donors (Lipinski definition) is 2. The number of nitrogens with zero attached hydrogens (tertiary/aromatic N) is 4. The fourth-order valence-electron chi connectivity index (χ4n) is 3.45. The van der Waals surface area contributed by atoms with E-state index in [0.717, 1.165) is 39.2 Å². The molecule has 0 radical (unpaired) electrons. The van der Waals surface area contributed by atoms with Gasteiger partial charge < -0.3 is 10.6 Å². The van der Waals surface area contributed by atoms with Crippen LogP contribution in [0, 0.1) is 6.92 Å². The molecule has 1 aromatic carbocycles. The quantitative estimate of drug-likeness (QED) is 0.482. The van der Waals surface area contributed by atoms with Crippen molar-refractivity contribution >= 4 is 28.3 Å². The van der Waals surface area contributed by atoms with Gasteiger partial charge in [-0.05, 0) is 30.7 Å². The molecular formula is C24H24N6O. The predicted molar refractivity (Wildman–Crippen MR) is 123 cm³/mol. The molecule has 3 aromatic heterocycles. The highest BCUT2D eigenvalue weighted by Crippen LogP contribution is 2.26. The van der Waals surface area contributed by atoms with Crippen molar-refractivity contribution in [3.05, 3.63) is 72.4 Å². The van der Waals surface area contributed by atoms with Gasteiger partial charge in [-0.3, -0.25) is 14.8 Å². The van der Waals surface area contributed by atoms with Crippen molar-refractivity contribution < 1.29 is 4.79 Å². The maximum absolute atomic E-state index is 11.3. The van der Waals surface area contributed by atoms with Gasteiger partial charge in [0.2, 0.25) is 5.91 Å². The highest BCUT2D eigenvalue weighted by Gasteiger charge is 2.12. The molecule has 1 unspecified atom stereocenters. The maximum atomic E-state index is 11.3. The van der Waals surface area contributed by atoms with Crippen molar-refractivity contribution in [3.63, 3.8) is 0 Å². The molecule has 0 aliphatic rings. The number of anilines is 2. The van der Waals surface area contributed by atoms with Crippen molar-refractivity contribution in [1.82, 2.24) is 19.9 Å². The Kier molecular flexibility index (Phi) is 5.84. The fraction of sp³-hybridized carbons (Fsp3) is 0.208. The van der Waals surface area contributed by atoms with E-state index in [1.54, 1.807) is 12.5 Å². The van der Waals surface area contributed by atoms with Crippen molar-refractivity contribution in [1.29, 1.82) is 0 Å².